The van der Waals surface area contributed by atoms with Crippen molar-refractivity contribution in [1.29, 1.82) is 0 Å². The second-order valence-corrected chi connectivity index (χ2v) is 35.5. The molecule has 6 rings (SSSR count). The first kappa shape index (κ1) is 29.0. The third-order valence-corrected chi connectivity index (χ3v) is 34.7. The molecule has 0 saturated heterocycles. The molecule has 4 aromatic carbocycles. The summed E-state index contributed by atoms with van der Waals surface area (Å²) in [6, 6.07) is 40.7. The van der Waals surface area contributed by atoms with Gasteiger partial charge in [0.05, 0.1) is 0 Å². The van der Waals surface area contributed by atoms with Gasteiger partial charge in [-0.2, -0.15) is 0 Å². The van der Waals surface area contributed by atoms with Crippen LogP contribution in [0.5, 0.6) is 0 Å². The minimum Gasteiger partial charge on any atom is -1.00 e. The number of hydrogen-bond donors (Lipinski definition) is 0. The first-order valence-corrected chi connectivity index (χ1v) is 25.1. The van der Waals surface area contributed by atoms with Crippen LogP contribution in [0.4, 0.5) is 0 Å². The Kier molecular flexibility index (Phi) is 9.87. The van der Waals surface area contributed by atoms with Crippen LogP contribution in [0.2, 0.25) is 13.1 Å². The van der Waals surface area contributed by atoms with Crippen LogP contribution in [0.1, 0.15) is 40.7 Å². The van der Waals surface area contributed by atoms with Crippen LogP contribution in [-0.4, -0.2) is 5.49 Å². The van der Waals surface area contributed by atoms with Crippen LogP contribution in [0.15, 0.2) is 121 Å². The average Bonchev–Trinajstić information content (AvgIpc) is 3.44. The van der Waals surface area contributed by atoms with Crippen molar-refractivity contribution in [3.63, 3.8) is 0 Å². The third kappa shape index (κ3) is 5.80. The van der Waals surface area contributed by atoms with Gasteiger partial charge < -0.3 is 24.8 Å². The maximum Gasteiger partial charge on any atom is -1.00 e. The molecule has 4 aromatic rings. The fourth-order valence-electron chi connectivity index (χ4n) is 6.15. The van der Waals surface area contributed by atoms with Gasteiger partial charge in [-0.1, -0.05) is 0 Å². The topological polar surface area (TPSA) is 0 Å². The van der Waals surface area contributed by atoms with E-state index in [1.165, 1.54) is 22.3 Å². The zero-order chi connectivity index (χ0) is 24.5. The van der Waals surface area contributed by atoms with Crippen molar-refractivity contribution >= 4 is 16.6 Å². The quantitative estimate of drug-likeness (QED) is 0.270. The molecule has 0 aliphatic heterocycles. The van der Waals surface area contributed by atoms with Crippen molar-refractivity contribution in [3.8, 4) is 0 Å². The second-order valence-electron chi connectivity index (χ2n) is 10.3. The monoisotopic (exact) mass is 718 g/mol. The van der Waals surface area contributed by atoms with Crippen molar-refractivity contribution in [2.75, 3.05) is 0 Å². The molecule has 0 nitrogen and oxygen atoms in total. The molecule has 0 aromatic heterocycles. The molecule has 190 valence electrons. The number of halogens is 2. The Balaban J connectivity index is 0.00000168. The summed E-state index contributed by atoms with van der Waals surface area (Å²) in [5, 5.41) is 0. The zero-order valence-electron chi connectivity index (χ0n) is 21.9. The Morgan fingerprint density at radius 1 is 0.526 bits per heavy atom. The molecular formula is C34H32Cl2HfSi. The normalized spacial score (nSPS) is 16.6. The summed E-state index contributed by atoms with van der Waals surface area (Å²) in [7, 11) is 0. The van der Waals surface area contributed by atoms with Crippen molar-refractivity contribution in [1.82, 2.24) is 0 Å². The summed E-state index contributed by atoms with van der Waals surface area (Å²) >= 11 is -2.21. The number of benzene rings is 4. The number of allylic oxidation sites excluding steroid dienone is 4. The van der Waals surface area contributed by atoms with Crippen LogP contribution < -0.4 is 24.8 Å². The van der Waals surface area contributed by atoms with E-state index in [4.69, 9.17) is 0 Å². The molecule has 0 fully saturated rings. The average molecular weight is 718 g/mol. The molecule has 0 radical (unpaired) electrons. The maximum atomic E-state index is 2.73. The van der Waals surface area contributed by atoms with E-state index in [-0.39, 0.29) is 30.3 Å². The van der Waals surface area contributed by atoms with Crippen molar-refractivity contribution in [2.45, 2.75) is 33.3 Å². The van der Waals surface area contributed by atoms with Gasteiger partial charge in [-0.25, -0.2) is 0 Å². The molecule has 2 atom stereocenters. The van der Waals surface area contributed by atoms with E-state index in [0.717, 1.165) is 12.8 Å². The van der Waals surface area contributed by atoms with E-state index < -0.39 is 20.1 Å². The molecule has 0 amide bonds. The summed E-state index contributed by atoms with van der Waals surface area (Å²) in [5.41, 5.74) is 11.8. The number of fused-ring (bicyclic) bond motifs is 2. The van der Waals surface area contributed by atoms with Gasteiger partial charge in [-0.3, -0.25) is 0 Å². The predicted octanol–water partition coefficient (Wildman–Crippen LogP) is 2.63. The van der Waals surface area contributed by atoms with Crippen molar-refractivity contribution in [3.05, 3.63) is 155 Å². The largest absolute Gasteiger partial charge is 1.00 e. The number of rotatable bonds is 6. The van der Waals surface area contributed by atoms with Gasteiger partial charge in [0.2, 0.25) is 0 Å². The summed E-state index contributed by atoms with van der Waals surface area (Å²) in [6.45, 7) is 5.23. The van der Waals surface area contributed by atoms with Gasteiger partial charge in [-0.15, -0.1) is 0 Å². The summed E-state index contributed by atoms with van der Waals surface area (Å²) in [6.07, 6.45) is 7.53. The van der Waals surface area contributed by atoms with Gasteiger partial charge in [0.25, 0.3) is 0 Å². The summed E-state index contributed by atoms with van der Waals surface area (Å²) in [5.74, 6) is 0. The molecule has 0 N–H and O–H groups in total. The van der Waals surface area contributed by atoms with E-state index in [0.29, 0.717) is 7.35 Å². The summed E-state index contributed by atoms with van der Waals surface area (Å²) in [4.78, 5) is 0. The Bertz CT molecular complexity index is 1390. The predicted molar refractivity (Wildman–Crippen MR) is 152 cm³/mol. The van der Waals surface area contributed by atoms with Gasteiger partial charge >= 0.3 is 225 Å². The first-order valence-electron chi connectivity index (χ1n) is 13.0. The maximum absolute atomic E-state index is 2.73. The minimum atomic E-state index is -2.21. The van der Waals surface area contributed by atoms with E-state index >= 15 is 0 Å². The van der Waals surface area contributed by atoms with Crippen LogP contribution in [0.25, 0.3) is 11.1 Å². The van der Waals surface area contributed by atoms with E-state index in [1.54, 1.807) is 22.3 Å². The molecule has 0 spiro atoms. The number of hydrogen-bond acceptors (Lipinski definition) is 0. The zero-order valence-corrected chi connectivity index (χ0v) is 28.0. The van der Waals surface area contributed by atoms with Crippen LogP contribution in [0, 0.1) is 0 Å². The van der Waals surface area contributed by atoms with Gasteiger partial charge in [0, 0.05) is 0 Å². The first-order chi connectivity index (χ1) is 17.7. The molecule has 2 aliphatic carbocycles. The van der Waals surface area contributed by atoms with E-state index in [2.05, 4.69) is 134 Å². The van der Waals surface area contributed by atoms with E-state index in [9.17, 15) is 0 Å². The molecule has 38 heavy (non-hydrogen) atoms. The fraction of sp³-hybridized carbons (Fsp3) is 0.176. The standard InChI is InChI=1S/2C16H13.C2H6Si.2ClH.Hf/c2*1-2-6-13(7-3-1)12-15-11-10-14-8-4-5-9-16(14)15;1-3-2;;;/h2*1-11H,12H2;1-2H3;2*1H;/q;;;;;+2/p-2. The van der Waals surface area contributed by atoms with Gasteiger partial charge in [0.15, 0.2) is 0 Å². The van der Waals surface area contributed by atoms with Crippen molar-refractivity contribution in [2.24, 2.45) is 0 Å². The summed E-state index contributed by atoms with van der Waals surface area (Å²) < 4.78 is 1.36. The fourth-order valence-corrected chi connectivity index (χ4v) is 33.1. The molecule has 0 saturated carbocycles. The Morgan fingerprint density at radius 2 is 0.895 bits per heavy atom. The second kappa shape index (κ2) is 12.9. The molecule has 0 bridgehead atoms. The molecular weight excluding hydrogens is 686 g/mol. The van der Waals surface area contributed by atoms with Crippen LogP contribution in [-0.2, 0) is 32.9 Å². The SMILES string of the molecule is C[Si](C)=[Hf+2]([C@@H]1C=C(Cc2ccccc2)c2ccccc21)[C@H]1C=C(Cc2ccccc2)c2ccccc21.[Cl-].[Cl-]. The Hall–Kier alpha value is -1.97. The van der Waals surface area contributed by atoms with Gasteiger partial charge in [0.1, 0.15) is 0 Å². The third-order valence-electron chi connectivity index (χ3n) is 7.74. The molecule has 4 heteroatoms. The van der Waals surface area contributed by atoms with E-state index in [1.807, 2.05) is 0 Å². The molecule has 0 heterocycles. The smallest absolute Gasteiger partial charge is 1.00 e. The van der Waals surface area contributed by atoms with Gasteiger partial charge in [-0.05, 0) is 0 Å². The minimum absolute atomic E-state index is 0. The molecule has 2 aliphatic rings. The van der Waals surface area contributed by atoms with Crippen LogP contribution >= 0.6 is 0 Å². The molecule has 0 unspecified atom stereocenters. The Morgan fingerprint density at radius 3 is 1.29 bits per heavy atom. The van der Waals surface area contributed by atoms with Crippen LogP contribution in [0.3, 0.4) is 0 Å². The van der Waals surface area contributed by atoms with Crippen molar-refractivity contribution < 1.29 is 44.9 Å². The Labute approximate surface area is 247 Å².